The number of nitrogens with one attached hydrogen (secondary N) is 1. The summed E-state index contributed by atoms with van der Waals surface area (Å²) in [5, 5.41) is 18.8. The normalized spacial score (nSPS) is 23.7. The zero-order valence-electron chi connectivity index (χ0n) is 14.1. The number of amides is 1. The van der Waals surface area contributed by atoms with Crippen molar-refractivity contribution in [2.24, 2.45) is 11.7 Å². The Labute approximate surface area is 150 Å². The zero-order valence-corrected chi connectivity index (χ0v) is 14.1. The van der Waals surface area contributed by atoms with Gasteiger partial charge in [-0.25, -0.2) is 0 Å². The monoisotopic (exact) mass is 350 g/mol. The molecule has 1 aromatic heterocycles. The number of anilines is 2. The lowest BCUT2D eigenvalue weighted by Crippen LogP contribution is -2.12. The lowest BCUT2D eigenvalue weighted by molar-refractivity contribution is 0.100. The highest BCUT2D eigenvalue weighted by Gasteiger charge is 2.45. The van der Waals surface area contributed by atoms with Gasteiger partial charge in [0, 0.05) is 17.4 Å². The summed E-state index contributed by atoms with van der Waals surface area (Å²) < 4.78 is 1.73. The van der Waals surface area contributed by atoms with Crippen LogP contribution in [-0.4, -0.2) is 20.8 Å². The molecule has 1 saturated carbocycles. The minimum absolute atomic E-state index is 0.00858. The lowest BCUT2D eigenvalue weighted by atomic mass is 10.1. The van der Waals surface area contributed by atoms with Crippen molar-refractivity contribution < 1.29 is 9.63 Å². The van der Waals surface area contributed by atoms with Crippen molar-refractivity contribution in [1.29, 1.82) is 5.26 Å². The van der Waals surface area contributed by atoms with Crippen LogP contribution in [0.2, 0.25) is 0 Å². The van der Waals surface area contributed by atoms with E-state index in [9.17, 15) is 4.79 Å². The summed E-state index contributed by atoms with van der Waals surface area (Å²) in [5.41, 5.74) is 9.11. The molecule has 132 valence electrons. The van der Waals surface area contributed by atoms with Gasteiger partial charge in [-0.3, -0.25) is 14.3 Å². The molecule has 5 rings (SSSR count). The first-order valence-corrected chi connectivity index (χ1v) is 8.73. The highest BCUT2D eigenvalue weighted by atomic mass is 16.8. The fraction of sp³-hybridized carbons (Fsp3) is 0.389. The lowest BCUT2D eigenvalue weighted by Gasteiger charge is -2.13. The van der Waals surface area contributed by atoms with Gasteiger partial charge in [-0.1, -0.05) is 6.07 Å². The highest BCUT2D eigenvalue weighted by molar-refractivity contribution is 5.98. The third-order valence-electron chi connectivity index (χ3n) is 5.25. The molecule has 2 aliphatic heterocycles. The third-order valence-corrected chi connectivity index (χ3v) is 5.25. The third kappa shape index (κ3) is 2.53. The Hall–Kier alpha value is -2.89. The van der Waals surface area contributed by atoms with Crippen molar-refractivity contribution in [1.82, 2.24) is 14.8 Å². The van der Waals surface area contributed by atoms with E-state index in [0.29, 0.717) is 23.7 Å². The molecule has 3 N–H and O–H groups in total. The maximum atomic E-state index is 11.9. The SMILES string of the molecule is N#CCC(C1CC1)n1cc(C(N)=O)c(Nc2ccc3c(c2)CN2OC32)n1. The van der Waals surface area contributed by atoms with E-state index < -0.39 is 5.91 Å². The molecule has 8 heteroatoms. The second kappa shape index (κ2) is 5.56. The predicted octanol–water partition coefficient (Wildman–Crippen LogP) is 2.35. The van der Waals surface area contributed by atoms with Gasteiger partial charge in [0.15, 0.2) is 12.0 Å². The van der Waals surface area contributed by atoms with Gasteiger partial charge in [-0.2, -0.15) is 10.4 Å². The number of hydroxylamine groups is 2. The predicted molar refractivity (Wildman–Crippen MR) is 91.8 cm³/mol. The topological polar surface area (TPSA) is 112 Å². The first-order valence-electron chi connectivity index (χ1n) is 8.73. The molecule has 3 atom stereocenters. The van der Waals surface area contributed by atoms with Gasteiger partial charge in [0.05, 0.1) is 25.1 Å². The van der Waals surface area contributed by atoms with Crippen molar-refractivity contribution >= 4 is 17.4 Å². The number of nitrogens with two attached hydrogens (primary N) is 1. The van der Waals surface area contributed by atoms with E-state index >= 15 is 0 Å². The van der Waals surface area contributed by atoms with E-state index in [1.54, 1.807) is 10.9 Å². The van der Waals surface area contributed by atoms with E-state index in [1.807, 2.05) is 23.3 Å². The van der Waals surface area contributed by atoms with Gasteiger partial charge in [-0.15, -0.1) is 5.06 Å². The van der Waals surface area contributed by atoms with Crippen LogP contribution < -0.4 is 11.1 Å². The summed E-state index contributed by atoms with van der Waals surface area (Å²) >= 11 is 0. The van der Waals surface area contributed by atoms with Gasteiger partial charge in [0.2, 0.25) is 0 Å². The zero-order chi connectivity index (χ0) is 17.8. The van der Waals surface area contributed by atoms with Crippen LogP contribution in [0, 0.1) is 17.2 Å². The molecular formula is C18H18N6O2. The molecule has 3 heterocycles. The number of nitriles is 1. The average Bonchev–Trinajstić information content (AvgIpc) is 3.52. The fourth-order valence-corrected chi connectivity index (χ4v) is 3.68. The standard InChI is InChI=1S/C18H18N6O2/c19-6-5-15(10-1-2-10)23-9-14(16(20)25)17(22-23)21-12-3-4-13-11(7-12)8-24-18(13)26-24/h3-4,7,9-10,15,18H,1-2,5,8H2,(H2,20,25)(H,21,22). The molecule has 1 saturated heterocycles. The van der Waals surface area contributed by atoms with Crippen molar-refractivity contribution in [3.63, 3.8) is 0 Å². The van der Waals surface area contributed by atoms with Crippen LogP contribution in [0.15, 0.2) is 24.4 Å². The molecule has 1 aliphatic carbocycles. The van der Waals surface area contributed by atoms with E-state index in [4.69, 9.17) is 15.8 Å². The number of fused-ring (bicyclic) bond motifs is 3. The van der Waals surface area contributed by atoms with E-state index in [2.05, 4.69) is 16.5 Å². The van der Waals surface area contributed by atoms with Crippen LogP contribution in [0.5, 0.6) is 0 Å². The number of carbonyl (C=O) groups is 1. The number of benzene rings is 1. The van der Waals surface area contributed by atoms with Crippen molar-refractivity contribution in [3.05, 3.63) is 41.1 Å². The Balaban J connectivity index is 1.44. The van der Waals surface area contributed by atoms with Crippen LogP contribution in [0.1, 0.15) is 53.0 Å². The number of hydrogen-bond donors (Lipinski definition) is 2. The van der Waals surface area contributed by atoms with Gasteiger partial charge >= 0.3 is 0 Å². The molecule has 0 radical (unpaired) electrons. The quantitative estimate of drug-likeness (QED) is 0.773. The molecule has 3 unspecified atom stereocenters. The average molecular weight is 350 g/mol. The molecular weight excluding hydrogens is 332 g/mol. The fourth-order valence-electron chi connectivity index (χ4n) is 3.68. The first kappa shape index (κ1) is 15.4. The van der Waals surface area contributed by atoms with E-state index in [1.165, 1.54) is 11.1 Å². The number of primary amides is 1. The van der Waals surface area contributed by atoms with Gasteiger partial charge < -0.3 is 11.1 Å². The second-order valence-electron chi connectivity index (χ2n) is 7.07. The van der Waals surface area contributed by atoms with Crippen LogP contribution in [0.4, 0.5) is 11.5 Å². The van der Waals surface area contributed by atoms with Crippen molar-refractivity contribution in [2.75, 3.05) is 5.32 Å². The molecule has 1 aromatic carbocycles. The molecule has 2 fully saturated rings. The molecule has 8 nitrogen and oxygen atoms in total. The van der Waals surface area contributed by atoms with Crippen LogP contribution in [0.25, 0.3) is 0 Å². The maximum Gasteiger partial charge on any atom is 0.254 e. The Bertz CT molecular complexity index is 942. The summed E-state index contributed by atoms with van der Waals surface area (Å²) in [6.45, 7) is 0.762. The summed E-state index contributed by atoms with van der Waals surface area (Å²) in [7, 11) is 0. The van der Waals surface area contributed by atoms with Crippen molar-refractivity contribution in [2.45, 2.75) is 38.1 Å². The number of rotatable bonds is 6. The number of aromatic nitrogens is 2. The number of hydrogen-bond acceptors (Lipinski definition) is 6. The highest BCUT2D eigenvalue weighted by Crippen LogP contribution is 2.47. The Morgan fingerprint density at radius 2 is 2.35 bits per heavy atom. The molecule has 2 aromatic rings. The van der Waals surface area contributed by atoms with Gasteiger partial charge in [0.25, 0.3) is 5.91 Å². The van der Waals surface area contributed by atoms with E-state index in [0.717, 1.165) is 25.1 Å². The Morgan fingerprint density at radius 3 is 3.08 bits per heavy atom. The molecule has 0 spiro atoms. The minimum Gasteiger partial charge on any atom is -0.365 e. The van der Waals surface area contributed by atoms with Crippen LogP contribution >= 0.6 is 0 Å². The largest absolute Gasteiger partial charge is 0.365 e. The number of carbonyl (C=O) groups excluding carboxylic acids is 1. The minimum atomic E-state index is -0.535. The molecule has 26 heavy (non-hydrogen) atoms. The van der Waals surface area contributed by atoms with Crippen LogP contribution in [0.3, 0.4) is 0 Å². The molecule has 1 amide bonds. The summed E-state index contributed by atoms with van der Waals surface area (Å²) in [6.07, 6.45) is 4.31. The van der Waals surface area contributed by atoms with E-state index in [-0.39, 0.29) is 12.3 Å². The Morgan fingerprint density at radius 1 is 1.50 bits per heavy atom. The number of nitrogens with zero attached hydrogens (tertiary/aromatic N) is 4. The smallest absolute Gasteiger partial charge is 0.254 e. The maximum absolute atomic E-state index is 11.9. The molecule has 3 aliphatic rings. The van der Waals surface area contributed by atoms with Crippen LogP contribution in [-0.2, 0) is 11.4 Å². The van der Waals surface area contributed by atoms with Crippen molar-refractivity contribution in [3.8, 4) is 6.07 Å². The summed E-state index contributed by atoms with van der Waals surface area (Å²) in [5.74, 6) is 0.344. The second-order valence-corrected chi connectivity index (χ2v) is 7.07. The molecule has 0 bridgehead atoms. The first-order chi connectivity index (χ1) is 12.6. The van der Waals surface area contributed by atoms with Gasteiger partial charge in [0.1, 0.15) is 5.56 Å². The van der Waals surface area contributed by atoms with Gasteiger partial charge in [-0.05, 0) is 36.5 Å². The Kier molecular flexibility index (Phi) is 3.29. The summed E-state index contributed by atoms with van der Waals surface area (Å²) in [6, 6.07) is 8.23. The summed E-state index contributed by atoms with van der Waals surface area (Å²) in [4.78, 5) is 17.2.